The molecule has 0 aliphatic rings. The minimum atomic E-state index is -0.173. The van der Waals surface area contributed by atoms with E-state index < -0.39 is 0 Å². The summed E-state index contributed by atoms with van der Waals surface area (Å²) in [7, 11) is 0. The van der Waals surface area contributed by atoms with E-state index in [9.17, 15) is 4.79 Å². The highest BCUT2D eigenvalue weighted by molar-refractivity contribution is 5.86. The maximum absolute atomic E-state index is 12.5. The molecule has 0 saturated heterocycles. The zero-order valence-electron chi connectivity index (χ0n) is 18.6. The number of nitrogens with one attached hydrogen (secondary N) is 1. The van der Waals surface area contributed by atoms with Crippen molar-refractivity contribution in [2.45, 2.75) is 47.5 Å². The van der Waals surface area contributed by atoms with E-state index in [0.29, 0.717) is 18.8 Å². The van der Waals surface area contributed by atoms with E-state index in [1.165, 1.54) is 0 Å². The number of hydrogen-bond donors (Lipinski definition) is 2. The highest BCUT2D eigenvalue weighted by Gasteiger charge is 2.17. The molecule has 0 spiro atoms. The molecule has 0 radical (unpaired) electrons. The van der Waals surface area contributed by atoms with E-state index in [0.717, 1.165) is 39.7 Å². The predicted molar refractivity (Wildman–Crippen MR) is 124 cm³/mol. The van der Waals surface area contributed by atoms with Crippen molar-refractivity contribution in [2.24, 2.45) is 11.3 Å². The van der Waals surface area contributed by atoms with Crippen LogP contribution in [0.4, 0.5) is 5.82 Å². The van der Waals surface area contributed by atoms with Crippen molar-refractivity contribution in [3.05, 3.63) is 53.7 Å². The summed E-state index contributed by atoms with van der Waals surface area (Å²) in [5.74, 6) is 0.364. The Bertz CT molecular complexity index is 1050. The normalized spacial score (nSPS) is 12.7. The van der Waals surface area contributed by atoms with Crippen molar-refractivity contribution < 1.29 is 4.79 Å². The molecule has 2 heterocycles. The van der Waals surface area contributed by atoms with Crippen LogP contribution in [0, 0.1) is 18.3 Å². The van der Waals surface area contributed by atoms with Crippen LogP contribution in [-0.2, 0) is 11.2 Å². The Morgan fingerprint density at radius 2 is 1.97 bits per heavy atom. The van der Waals surface area contributed by atoms with Crippen LogP contribution in [0.2, 0.25) is 0 Å². The summed E-state index contributed by atoms with van der Waals surface area (Å²) in [6, 6.07) is 12.1. The Kier molecular flexibility index (Phi) is 6.40. The van der Waals surface area contributed by atoms with Gasteiger partial charge in [-0.15, -0.1) is 0 Å². The topological polar surface area (TPSA) is 80.9 Å². The Balaban J connectivity index is 1.79. The molecule has 158 valence electrons. The van der Waals surface area contributed by atoms with Crippen LogP contribution in [0.1, 0.15) is 45.2 Å². The number of carbonyl (C=O) groups is 1. The van der Waals surface area contributed by atoms with Crippen molar-refractivity contribution in [1.82, 2.24) is 15.3 Å². The molecule has 0 aliphatic carbocycles. The van der Waals surface area contributed by atoms with Gasteiger partial charge in [-0.25, -0.2) is 4.98 Å². The van der Waals surface area contributed by atoms with Crippen molar-refractivity contribution in [3.63, 3.8) is 0 Å². The third kappa shape index (κ3) is 5.35. The molecule has 1 atom stereocenters. The molecule has 0 unspecified atom stereocenters. The summed E-state index contributed by atoms with van der Waals surface area (Å²) in [6.07, 6.45) is 3.31. The molecular weight excluding hydrogens is 372 g/mol. The number of aromatic nitrogens is 2. The van der Waals surface area contributed by atoms with E-state index in [2.05, 4.69) is 61.2 Å². The number of hydrogen-bond acceptors (Lipinski definition) is 4. The fourth-order valence-corrected chi connectivity index (χ4v) is 3.49. The molecule has 1 aromatic carbocycles. The van der Waals surface area contributed by atoms with Crippen molar-refractivity contribution in [2.75, 3.05) is 12.3 Å². The summed E-state index contributed by atoms with van der Waals surface area (Å²) in [5, 5.41) is 4.05. The molecule has 0 bridgehead atoms. The number of carbonyl (C=O) groups excluding carboxylic acids is 1. The summed E-state index contributed by atoms with van der Waals surface area (Å²) >= 11 is 0. The first-order chi connectivity index (χ1) is 14.1. The highest BCUT2D eigenvalue weighted by Crippen LogP contribution is 2.27. The highest BCUT2D eigenvalue weighted by atomic mass is 16.1. The average Bonchev–Trinajstić information content (AvgIpc) is 2.67. The van der Waals surface area contributed by atoms with E-state index in [1.807, 2.05) is 25.1 Å². The van der Waals surface area contributed by atoms with Crippen LogP contribution in [0.15, 0.2) is 42.6 Å². The van der Waals surface area contributed by atoms with Gasteiger partial charge in [-0.3, -0.25) is 9.78 Å². The van der Waals surface area contributed by atoms with E-state index in [1.54, 1.807) is 6.20 Å². The Morgan fingerprint density at radius 1 is 1.20 bits per heavy atom. The number of nitrogens with zero attached hydrogens (tertiary/aromatic N) is 2. The summed E-state index contributed by atoms with van der Waals surface area (Å²) in [6.45, 7) is 11.2. The molecule has 3 aromatic rings. The molecule has 3 N–H and O–H groups in total. The van der Waals surface area contributed by atoms with Gasteiger partial charge in [0, 0.05) is 29.6 Å². The number of pyridine rings is 2. The molecule has 3 rings (SSSR count). The molecular formula is C25H32N4O. The Labute approximate surface area is 179 Å². The third-order valence-electron chi connectivity index (χ3n) is 5.36. The molecule has 0 aliphatic heterocycles. The minimum Gasteiger partial charge on any atom is -0.383 e. The summed E-state index contributed by atoms with van der Waals surface area (Å²) < 4.78 is 0. The molecule has 0 fully saturated rings. The maximum Gasteiger partial charge on any atom is 0.223 e. The fraction of sp³-hybridized carbons (Fsp3) is 0.400. The van der Waals surface area contributed by atoms with Gasteiger partial charge in [-0.05, 0) is 60.6 Å². The second-order valence-electron chi connectivity index (χ2n) is 9.32. The van der Waals surface area contributed by atoms with Gasteiger partial charge < -0.3 is 11.1 Å². The number of nitrogen functional groups attached to an aromatic ring is 1. The first-order valence-electron chi connectivity index (χ1n) is 10.5. The number of nitrogens with two attached hydrogens (primary N) is 1. The molecule has 30 heavy (non-hydrogen) atoms. The van der Waals surface area contributed by atoms with Crippen LogP contribution in [-0.4, -0.2) is 22.4 Å². The van der Waals surface area contributed by atoms with Crippen LogP contribution >= 0.6 is 0 Å². The smallest absolute Gasteiger partial charge is 0.223 e. The molecule has 2 aromatic heterocycles. The van der Waals surface area contributed by atoms with Gasteiger partial charge >= 0.3 is 0 Å². The zero-order chi connectivity index (χ0) is 21.9. The van der Waals surface area contributed by atoms with Gasteiger partial charge in [0.2, 0.25) is 5.91 Å². The van der Waals surface area contributed by atoms with Crippen molar-refractivity contribution in [3.8, 4) is 11.3 Å². The number of rotatable bonds is 6. The lowest BCUT2D eigenvalue weighted by Gasteiger charge is -2.19. The van der Waals surface area contributed by atoms with E-state index in [-0.39, 0.29) is 17.2 Å². The van der Waals surface area contributed by atoms with Crippen LogP contribution in [0.25, 0.3) is 22.2 Å². The molecule has 5 heteroatoms. The number of benzene rings is 1. The fourth-order valence-electron chi connectivity index (χ4n) is 3.49. The Hall–Kier alpha value is -2.95. The quantitative estimate of drug-likeness (QED) is 0.611. The summed E-state index contributed by atoms with van der Waals surface area (Å²) in [4.78, 5) is 21.6. The van der Waals surface area contributed by atoms with Crippen LogP contribution < -0.4 is 11.1 Å². The van der Waals surface area contributed by atoms with Crippen molar-refractivity contribution >= 4 is 22.6 Å². The minimum absolute atomic E-state index is 0.0524. The van der Waals surface area contributed by atoms with Gasteiger partial charge in [-0.2, -0.15) is 0 Å². The van der Waals surface area contributed by atoms with Gasteiger partial charge in [-0.1, -0.05) is 39.8 Å². The second-order valence-corrected chi connectivity index (χ2v) is 9.32. The van der Waals surface area contributed by atoms with Gasteiger partial charge in [0.05, 0.1) is 11.2 Å². The maximum atomic E-state index is 12.5. The van der Waals surface area contributed by atoms with E-state index in [4.69, 9.17) is 5.73 Å². The Morgan fingerprint density at radius 3 is 2.67 bits per heavy atom. The standard InChI is InChI=1S/C25H32N4O/c1-16-7-6-11-27-22(16)18-8-9-21-19(14-18)15-20(23(26)29-21)13-17(2)24(30)28-12-10-25(3,4)5/h6-9,11,14-15,17H,10,12-13H2,1-5H3,(H2,26,29)(H,28,30)/t17-/m0/s1. The zero-order valence-corrected chi connectivity index (χ0v) is 18.6. The molecule has 1 amide bonds. The number of amides is 1. The number of anilines is 1. The first kappa shape index (κ1) is 21.8. The van der Waals surface area contributed by atoms with Gasteiger partial charge in [0.15, 0.2) is 0 Å². The van der Waals surface area contributed by atoms with Crippen LogP contribution in [0.3, 0.4) is 0 Å². The number of fused-ring (bicyclic) bond motifs is 1. The van der Waals surface area contributed by atoms with Gasteiger partial charge in [0.1, 0.15) is 5.82 Å². The first-order valence-corrected chi connectivity index (χ1v) is 10.5. The summed E-state index contributed by atoms with van der Waals surface area (Å²) in [5.41, 5.74) is 11.3. The van der Waals surface area contributed by atoms with Crippen LogP contribution in [0.5, 0.6) is 0 Å². The lowest BCUT2D eigenvalue weighted by molar-refractivity contribution is -0.124. The van der Waals surface area contributed by atoms with Crippen molar-refractivity contribution in [1.29, 1.82) is 0 Å². The third-order valence-corrected chi connectivity index (χ3v) is 5.36. The second kappa shape index (κ2) is 8.82. The largest absolute Gasteiger partial charge is 0.383 e. The van der Waals surface area contributed by atoms with Gasteiger partial charge in [0.25, 0.3) is 0 Å². The molecule has 5 nitrogen and oxygen atoms in total. The predicted octanol–water partition coefficient (Wildman–Crippen LogP) is 4.92. The SMILES string of the molecule is Cc1cccnc1-c1ccc2nc(N)c(C[C@H](C)C(=O)NCCC(C)(C)C)cc2c1. The lowest BCUT2D eigenvalue weighted by Crippen LogP contribution is -2.32. The van der Waals surface area contributed by atoms with E-state index >= 15 is 0 Å². The number of aryl methyl sites for hydroxylation is 1. The average molecular weight is 405 g/mol. The lowest BCUT2D eigenvalue weighted by atomic mass is 9.92. The monoisotopic (exact) mass is 404 g/mol. The molecule has 0 saturated carbocycles.